The Hall–Kier alpha value is -2.74. The summed E-state index contributed by atoms with van der Waals surface area (Å²) in [6.45, 7) is 3.39. The fraction of sp³-hybridized carbons (Fsp3) is 0.350. The predicted octanol–water partition coefficient (Wildman–Crippen LogP) is 2.74. The number of hydrogen-bond acceptors (Lipinski definition) is 5. The van der Waals surface area contributed by atoms with Crippen molar-refractivity contribution in [1.82, 2.24) is 5.32 Å². The zero-order valence-corrected chi connectivity index (χ0v) is 17.5. The number of nitrogens with one attached hydrogen (secondary N) is 1. The molecule has 8 heteroatoms. The van der Waals surface area contributed by atoms with Crippen molar-refractivity contribution in [2.24, 2.45) is 0 Å². The number of rotatable bonds is 8. The van der Waals surface area contributed by atoms with Crippen molar-refractivity contribution >= 4 is 21.6 Å². The molecule has 7 nitrogen and oxygen atoms in total. The average Bonchev–Trinajstić information content (AvgIpc) is 2.67. The summed E-state index contributed by atoms with van der Waals surface area (Å²) in [4.78, 5) is 12.8. The lowest BCUT2D eigenvalue weighted by atomic mass is 10.1. The SMILES string of the molecule is COc1ccc([C@H](C)NC(=O)[C@@H](C)N(c2cccc(OC)c2)S(C)(=O)=O)cc1. The number of benzene rings is 2. The minimum atomic E-state index is -3.70. The van der Waals surface area contributed by atoms with Gasteiger partial charge in [0.05, 0.1) is 32.2 Å². The molecule has 152 valence electrons. The lowest BCUT2D eigenvalue weighted by Gasteiger charge is -2.29. The fourth-order valence-electron chi connectivity index (χ4n) is 2.87. The fourth-order valence-corrected chi connectivity index (χ4v) is 4.03. The van der Waals surface area contributed by atoms with Crippen molar-refractivity contribution < 1.29 is 22.7 Å². The van der Waals surface area contributed by atoms with Crippen LogP contribution in [0.15, 0.2) is 48.5 Å². The molecule has 1 N–H and O–H groups in total. The van der Waals surface area contributed by atoms with Crippen LogP contribution in [0.3, 0.4) is 0 Å². The molecular formula is C20H26N2O5S. The van der Waals surface area contributed by atoms with Crippen LogP contribution in [0.25, 0.3) is 0 Å². The molecule has 0 aliphatic carbocycles. The van der Waals surface area contributed by atoms with E-state index in [1.54, 1.807) is 50.4 Å². The quantitative estimate of drug-likeness (QED) is 0.729. The van der Waals surface area contributed by atoms with Gasteiger partial charge in [0.15, 0.2) is 0 Å². The van der Waals surface area contributed by atoms with Crippen LogP contribution >= 0.6 is 0 Å². The van der Waals surface area contributed by atoms with Gasteiger partial charge in [-0.3, -0.25) is 9.10 Å². The van der Waals surface area contributed by atoms with Gasteiger partial charge in [0.1, 0.15) is 17.5 Å². The largest absolute Gasteiger partial charge is 0.497 e. The minimum Gasteiger partial charge on any atom is -0.497 e. The molecule has 2 aromatic carbocycles. The molecule has 2 rings (SSSR count). The van der Waals surface area contributed by atoms with Crippen molar-refractivity contribution in [3.8, 4) is 11.5 Å². The third-order valence-corrected chi connectivity index (χ3v) is 5.61. The number of ether oxygens (including phenoxy) is 2. The molecule has 2 atom stereocenters. The molecule has 2 aromatic rings. The molecule has 0 heterocycles. The van der Waals surface area contributed by atoms with Gasteiger partial charge in [-0.2, -0.15) is 0 Å². The highest BCUT2D eigenvalue weighted by atomic mass is 32.2. The summed E-state index contributed by atoms with van der Waals surface area (Å²) < 4.78 is 36.2. The normalized spacial score (nSPS) is 13.3. The maximum Gasteiger partial charge on any atom is 0.244 e. The summed E-state index contributed by atoms with van der Waals surface area (Å²) in [5, 5.41) is 2.87. The van der Waals surface area contributed by atoms with Gasteiger partial charge in [-0.15, -0.1) is 0 Å². The molecule has 0 radical (unpaired) electrons. The van der Waals surface area contributed by atoms with Crippen molar-refractivity contribution in [2.45, 2.75) is 25.9 Å². The zero-order chi connectivity index (χ0) is 20.9. The van der Waals surface area contributed by atoms with Gasteiger partial charge in [0, 0.05) is 6.07 Å². The van der Waals surface area contributed by atoms with E-state index in [-0.39, 0.29) is 6.04 Å². The van der Waals surface area contributed by atoms with E-state index < -0.39 is 22.0 Å². The summed E-state index contributed by atoms with van der Waals surface area (Å²) in [7, 11) is -0.616. The van der Waals surface area contributed by atoms with Crippen molar-refractivity contribution in [2.75, 3.05) is 24.8 Å². The first kappa shape index (κ1) is 21.6. The maximum absolute atomic E-state index is 12.8. The maximum atomic E-state index is 12.8. The lowest BCUT2D eigenvalue weighted by Crippen LogP contribution is -2.48. The van der Waals surface area contributed by atoms with Crippen LogP contribution in [0.1, 0.15) is 25.5 Å². The van der Waals surface area contributed by atoms with E-state index >= 15 is 0 Å². The standard InChI is InChI=1S/C20H26N2O5S/c1-14(16-9-11-18(26-3)12-10-16)21-20(23)15(2)22(28(5,24)25)17-7-6-8-19(13-17)27-4/h6-15H,1-5H3,(H,21,23)/t14-,15+/m0/s1. The molecule has 1 amide bonds. The van der Waals surface area contributed by atoms with Gasteiger partial charge < -0.3 is 14.8 Å². The Morgan fingerprint density at radius 1 is 1.00 bits per heavy atom. The van der Waals surface area contributed by atoms with Crippen molar-refractivity contribution in [1.29, 1.82) is 0 Å². The van der Waals surface area contributed by atoms with Crippen LogP contribution < -0.4 is 19.1 Å². The van der Waals surface area contributed by atoms with Gasteiger partial charge in [0.25, 0.3) is 0 Å². The second-order valence-corrected chi connectivity index (χ2v) is 8.30. The first-order chi connectivity index (χ1) is 13.2. The van der Waals surface area contributed by atoms with Crippen LogP contribution in [0.4, 0.5) is 5.69 Å². The van der Waals surface area contributed by atoms with Crippen LogP contribution in [0, 0.1) is 0 Å². The Labute approximate surface area is 166 Å². The third kappa shape index (κ3) is 5.16. The van der Waals surface area contributed by atoms with E-state index in [2.05, 4.69) is 5.32 Å². The number of carbonyl (C=O) groups excluding carboxylic acids is 1. The Morgan fingerprint density at radius 2 is 1.61 bits per heavy atom. The van der Waals surface area contributed by atoms with Gasteiger partial charge in [-0.05, 0) is 43.7 Å². The molecule has 0 aliphatic rings. The molecule has 0 saturated heterocycles. The summed E-state index contributed by atoms with van der Waals surface area (Å²) in [5.74, 6) is 0.818. The van der Waals surface area contributed by atoms with Gasteiger partial charge in [-0.25, -0.2) is 8.42 Å². The summed E-state index contributed by atoms with van der Waals surface area (Å²) in [5.41, 5.74) is 1.25. The van der Waals surface area contributed by atoms with E-state index in [0.29, 0.717) is 11.4 Å². The van der Waals surface area contributed by atoms with E-state index in [1.165, 1.54) is 7.11 Å². The van der Waals surface area contributed by atoms with Gasteiger partial charge in [-0.1, -0.05) is 18.2 Å². The molecule has 28 heavy (non-hydrogen) atoms. The zero-order valence-electron chi connectivity index (χ0n) is 16.7. The van der Waals surface area contributed by atoms with Crippen LogP contribution in [-0.2, 0) is 14.8 Å². The smallest absolute Gasteiger partial charge is 0.244 e. The average molecular weight is 407 g/mol. The van der Waals surface area contributed by atoms with Crippen molar-refractivity contribution in [3.63, 3.8) is 0 Å². The topological polar surface area (TPSA) is 84.9 Å². The van der Waals surface area contributed by atoms with Gasteiger partial charge >= 0.3 is 0 Å². The Morgan fingerprint density at radius 3 is 2.14 bits per heavy atom. The molecular weight excluding hydrogens is 380 g/mol. The molecule has 0 fully saturated rings. The highest BCUT2D eigenvalue weighted by molar-refractivity contribution is 7.92. The van der Waals surface area contributed by atoms with Crippen LogP contribution in [0.2, 0.25) is 0 Å². The lowest BCUT2D eigenvalue weighted by molar-refractivity contribution is -0.122. The summed E-state index contributed by atoms with van der Waals surface area (Å²) >= 11 is 0. The van der Waals surface area contributed by atoms with Crippen molar-refractivity contribution in [3.05, 3.63) is 54.1 Å². The highest BCUT2D eigenvalue weighted by Gasteiger charge is 2.30. The monoisotopic (exact) mass is 406 g/mol. The first-order valence-electron chi connectivity index (χ1n) is 8.75. The summed E-state index contributed by atoms with van der Waals surface area (Å²) in [6.07, 6.45) is 1.07. The van der Waals surface area contributed by atoms with E-state index in [1.807, 2.05) is 19.1 Å². The number of anilines is 1. The second kappa shape index (κ2) is 8.97. The Balaban J connectivity index is 2.23. The molecule has 0 saturated carbocycles. The van der Waals surface area contributed by atoms with E-state index in [9.17, 15) is 13.2 Å². The number of methoxy groups -OCH3 is 2. The second-order valence-electron chi connectivity index (χ2n) is 6.44. The predicted molar refractivity (Wildman–Crippen MR) is 109 cm³/mol. The van der Waals surface area contributed by atoms with E-state index in [0.717, 1.165) is 21.9 Å². The Bertz CT molecular complexity index is 912. The molecule has 0 aliphatic heterocycles. The van der Waals surface area contributed by atoms with Crippen LogP contribution in [0.5, 0.6) is 11.5 Å². The number of sulfonamides is 1. The Kier molecular flexibility index (Phi) is 6.90. The molecule has 0 spiro atoms. The van der Waals surface area contributed by atoms with Crippen LogP contribution in [-0.4, -0.2) is 40.8 Å². The molecule has 0 unspecified atom stereocenters. The highest BCUT2D eigenvalue weighted by Crippen LogP contribution is 2.26. The number of carbonyl (C=O) groups is 1. The summed E-state index contributed by atoms with van der Waals surface area (Å²) in [6, 6.07) is 12.7. The number of nitrogens with zero attached hydrogens (tertiary/aromatic N) is 1. The number of hydrogen-bond donors (Lipinski definition) is 1. The number of amides is 1. The molecule has 0 aromatic heterocycles. The third-order valence-electron chi connectivity index (χ3n) is 4.37. The molecule has 0 bridgehead atoms. The first-order valence-corrected chi connectivity index (χ1v) is 10.6. The minimum absolute atomic E-state index is 0.299. The van der Waals surface area contributed by atoms with E-state index in [4.69, 9.17) is 9.47 Å². The van der Waals surface area contributed by atoms with Gasteiger partial charge in [0.2, 0.25) is 15.9 Å².